The minimum atomic E-state index is -0.813. The molecule has 7 nitrogen and oxygen atoms in total. The maximum atomic E-state index is 12.4. The molecule has 0 aromatic rings. The molecule has 1 saturated heterocycles. The number of hydrogen-bond donors (Lipinski definition) is 1. The summed E-state index contributed by atoms with van der Waals surface area (Å²) in [5.41, 5.74) is 0.862. The van der Waals surface area contributed by atoms with Crippen molar-refractivity contribution < 1.29 is 23.9 Å². The number of piperidine rings is 1. The first kappa shape index (κ1) is 23.2. The van der Waals surface area contributed by atoms with Crippen LogP contribution in [0.2, 0.25) is 0 Å². The van der Waals surface area contributed by atoms with Gasteiger partial charge in [-0.3, -0.25) is 9.59 Å². The average molecular weight is 409 g/mol. The Balaban J connectivity index is 1.68. The molecular formula is C22H36N2O5. The van der Waals surface area contributed by atoms with Gasteiger partial charge in [0.15, 0.2) is 6.10 Å². The molecule has 0 aromatic heterocycles. The predicted octanol–water partition coefficient (Wildman–Crippen LogP) is 3.57. The van der Waals surface area contributed by atoms with Gasteiger partial charge in [0.1, 0.15) is 5.60 Å². The van der Waals surface area contributed by atoms with Crippen LogP contribution in [0.5, 0.6) is 0 Å². The van der Waals surface area contributed by atoms with E-state index in [9.17, 15) is 14.4 Å². The summed E-state index contributed by atoms with van der Waals surface area (Å²) in [5.74, 6) is -0.927. The molecule has 0 spiro atoms. The highest BCUT2D eigenvalue weighted by Gasteiger charge is 2.32. The van der Waals surface area contributed by atoms with Crippen molar-refractivity contribution in [1.29, 1.82) is 0 Å². The van der Waals surface area contributed by atoms with Gasteiger partial charge in [0.05, 0.1) is 5.92 Å². The normalized spacial score (nSPS) is 19.2. The number of likely N-dealkylation sites (tertiary alicyclic amines) is 1. The highest BCUT2D eigenvalue weighted by atomic mass is 16.6. The van der Waals surface area contributed by atoms with Crippen molar-refractivity contribution in [3.8, 4) is 0 Å². The van der Waals surface area contributed by atoms with Gasteiger partial charge in [-0.25, -0.2) is 4.79 Å². The third-order valence-electron chi connectivity index (χ3n) is 5.27. The Morgan fingerprint density at radius 2 is 1.90 bits per heavy atom. The summed E-state index contributed by atoms with van der Waals surface area (Å²) < 4.78 is 10.7. The molecule has 2 aliphatic rings. The number of nitrogens with zero attached hydrogens (tertiary/aromatic N) is 1. The SMILES string of the molecule is C[C@H](OC(=O)C1CCN(C(=O)OC(C)(C)C)CC1)C(=O)NCCC1=CCCCC1. The summed E-state index contributed by atoms with van der Waals surface area (Å²) in [4.78, 5) is 38.3. The second-order valence-electron chi connectivity index (χ2n) is 8.97. The van der Waals surface area contributed by atoms with Crippen molar-refractivity contribution in [2.75, 3.05) is 19.6 Å². The lowest BCUT2D eigenvalue weighted by molar-refractivity contribution is -0.160. The molecule has 29 heavy (non-hydrogen) atoms. The Hall–Kier alpha value is -2.05. The summed E-state index contributed by atoms with van der Waals surface area (Å²) in [6, 6.07) is 0. The zero-order valence-corrected chi connectivity index (χ0v) is 18.3. The molecular weight excluding hydrogens is 372 g/mol. The first-order chi connectivity index (χ1) is 13.7. The molecule has 0 saturated carbocycles. The molecule has 2 amide bonds. The molecule has 0 aromatic carbocycles. The molecule has 1 fully saturated rings. The molecule has 164 valence electrons. The number of hydrogen-bond acceptors (Lipinski definition) is 5. The fraction of sp³-hybridized carbons (Fsp3) is 0.773. The van der Waals surface area contributed by atoms with Crippen LogP contribution in [0.3, 0.4) is 0 Å². The van der Waals surface area contributed by atoms with Crippen LogP contribution in [-0.4, -0.2) is 54.2 Å². The molecule has 1 heterocycles. The number of carbonyl (C=O) groups is 3. The second kappa shape index (κ2) is 10.6. The van der Waals surface area contributed by atoms with Crippen LogP contribution in [-0.2, 0) is 19.1 Å². The van der Waals surface area contributed by atoms with Gasteiger partial charge >= 0.3 is 12.1 Å². The van der Waals surface area contributed by atoms with Gasteiger partial charge in [0, 0.05) is 19.6 Å². The summed E-state index contributed by atoms with van der Waals surface area (Å²) in [7, 11) is 0. The highest BCUT2D eigenvalue weighted by Crippen LogP contribution is 2.22. The van der Waals surface area contributed by atoms with Gasteiger partial charge in [-0.1, -0.05) is 11.6 Å². The van der Waals surface area contributed by atoms with Gasteiger partial charge in [-0.05, 0) is 72.6 Å². The van der Waals surface area contributed by atoms with E-state index in [-0.39, 0.29) is 23.9 Å². The average Bonchev–Trinajstić information content (AvgIpc) is 2.67. The Bertz CT molecular complexity index is 615. The number of carbonyl (C=O) groups excluding carboxylic acids is 3. The van der Waals surface area contributed by atoms with Crippen LogP contribution in [0.25, 0.3) is 0 Å². The number of esters is 1. The van der Waals surface area contributed by atoms with Gasteiger partial charge in [-0.15, -0.1) is 0 Å². The van der Waals surface area contributed by atoms with E-state index in [4.69, 9.17) is 9.47 Å². The third-order valence-corrected chi connectivity index (χ3v) is 5.27. The van der Waals surface area contributed by atoms with Crippen LogP contribution < -0.4 is 5.32 Å². The van der Waals surface area contributed by atoms with Crippen LogP contribution in [0.4, 0.5) is 4.79 Å². The topological polar surface area (TPSA) is 84.9 Å². The first-order valence-electron chi connectivity index (χ1n) is 10.8. The number of amides is 2. The Labute approximate surface area is 174 Å². The number of allylic oxidation sites excluding steroid dienone is 1. The summed E-state index contributed by atoms with van der Waals surface area (Å²) in [6.45, 7) is 8.55. The smallest absolute Gasteiger partial charge is 0.410 e. The molecule has 1 N–H and O–H groups in total. The van der Waals surface area contributed by atoms with Crippen LogP contribution in [0.1, 0.15) is 72.6 Å². The quantitative estimate of drug-likeness (QED) is 0.536. The summed E-state index contributed by atoms with van der Waals surface area (Å²) >= 11 is 0. The van der Waals surface area contributed by atoms with E-state index >= 15 is 0 Å². The lowest BCUT2D eigenvalue weighted by Gasteiger charge is -2.32. The van der Waals surface area contributed by atoms with Crippen molar-refractivity contribution in [3.63, 3.8) is 0 Å². The van der Waals surface area contributed by atoms with E-state index in [1.54, 1.807) is 11.8 Å². The lowest BCUT2D eigenvalue weighted by Crippen LogP contribution is -2.44. The van der Waals surface area contributed by atoms with Crippen molar-refractivity contribution in [1.82, 2.24) is 10.2 Å². The fourth-order valence-electron chi connectivity index (χ4n) is 3.57. The van der Waals surface area contributed by atoms with E-state index in [2.05, 4.69) is 11.4 Å². The molecule has 1 aliphatic carbocycles. The third kappa shape index (κ3) is 8.07. The van der Waals surface area contributed by atoms with Gasteiger partial charge in [0.25, 0.3) is 5.91 Å². The molecule has 1 atom stereocenters. The maximum Gasteiger partial charge on any atom is 0.410 e. The highest BCUT2D eigenvalue weighted by molar-refractivity contribution is 5.84. The van der Waals surface area contributed by atoms with E-state index in [0.717, 1.165) is 19.3 Å². The number of nitrogens with one attached hydrogen (secondary N) is 1. The van der Waals surface area contributed by atoms with Crippen LogP contribution >= 0.6 is 0 Å². The van der Waals surface area contributed by atoms with E-state index in [1.807, 2.05) is 20.8 Å². The lowest BCUT2D eigenvalue weighted by atomic mass is 9.97. The molecule has 1 aliphatic heterocycles. The van der Waals surface area contributed by atoms with Gasteiger partial charge in [-0.2, -0.15) is 0 Å². The number of ether oxygens (including phenoxy) is 2. The van der Waals surface area contributed by atoms with Crippen LogP contribution in [0, 0.1) is 5.92 Å². The minimum absolute atomic E-state index is 0.263. The van der Waals surface area contributed by atoms with Crippen molar-refractivity contribution in [2.24, 2.45) is 5.92 Å². The molecule has 0 radical (unpaired) electrons. The van der Waals surface area contributed by atoms with Crippen molar-refractivity contribution >= 4 is 18.0 Å². The van der Waals surface area contributed by atoms with Crippen molar-refractivity contribution in [2.45, 2.75) is 84.3 Å². The second-order valence-corrected chi connectivity index (χ2v) is 8.97. The summed E-state index contributed by atoms with van der Waals surface area (Å²) in [6.07, 6.45) is 7.70. The molecule has 0 bridgehead atoms. The maximum absolute atomic E-state index is 12.4. The Kier molecular flexibility index (Phi) is 8.53. The van der Waals surface area contributed by atoms with E-state index in [1.165, 1.54) is 18.4 Å². The monoisotopic (exact) mass is 408 g/mol. The molecule has 0 unspecified atom stereocenters. The Morgan fingerprint density at radius 1 is 1.21 bits per heavy atom. The largest absolute Gasteiger partial charge is 0.452 e. The molecule has 2 rings (SSSR count). The summed E-state index contributed by atoms with van der Waals surface area (Å²) in [5, 5.41) is 2.86. The Morgan fingerprint density at radius 3 is 2.48 bits per heavy atom. The van der Waals surface area contributed by atoms with Crippen LogP contribution in [0.15, 0.2) is 11.6 Å². The van der Waals surface area contributed by atoms with Gasteiger partial charge < -0.3 is 19.7 Å². The predicted molar refractivity (Wildman–Crippen MR) is 110 cm³/mol. The molecule has 7 heteroatoms. The van der Waals surface area contributed by atoms with Gasteiger partial charge in [0.2, 0.25) is 0 Å². The standard InChI is InChI=1S/C22H36N2O5/c1-16(19(25)23-13-10-17-8-6-5-7-9-17)28-20(26)18-11-14-24(15-12-18)21(27)29-22(2,3)4/h8,16,18H,5-7,9-15H2,1-4H3,(H,23,25)/t16-/m0/s1. The number of rotatable bonds is 6. The van der Waals surface area contributed by atoms with E-state index in [0.29, 0.717) is 32.5 Å². The zero-order chi connectivity index (χ0) is 21.4. The van der Waals surface area contributed by atoms with E-state index < -0.39 is 11.7 Å². The van der Waals surface area contributed by atoms with Crippen molar-refractivity contribution in [3.05, 3.63) is 11.6 Å². The minimum Gasteiger partial charge on any atom is -0.452 e. The fourth-order valence-corrected chi connectivity index (χ4v) is 3.57. The zero-order valence-electron chi connectivity index (χ0n) is 18.3. The first-order valence-corrected chi connectivity index (χ1v) is 10.8.